The number of rotatable bonds is 6. The van der Waals surface area contributed by atoms with Crippen LogP contribution in [0.25, 0.3) is 11.1 Å². The van der Waals surface area contributed by atoms with Crippen LogP contribution in [0.2, 0.25) is 18.1 Å². The van der Waals surface area contributed by atoms with Gasteiger partial charge in [-0.25, -0.2) is 0 Å². The van der Waals surface area contributed by atoms with Gasteiger partial charge in [-0.05, 0) is 12.1 Å². The molecule has 1 heterocycles. The first kappa shape index (κ1) is 18.5. The molecule has 0 aliphatic rings. The van der Waals surface area contributed by atoms with Gasteiger partial charge >= 0.3 is 6.36 Å². The van der Waals surface area contributed by atoms with Crippen LogP contribution in [0.15, 0.2) is 42.6 Å². The second-order valence-corrected chi connectivity index (χ2v) is 11.0. The molecule has 2 aromatic rings. The maximum atomic E-state index is 12.6. The van der Waals surface area contributed by atoms with Crippen molar-refractivity contribution in [2.45, 2.75) is 45.3 Å². The van der Waals surface area contributed by atoms with E-state index in [1.54, 1.807) is 18.3 Å². The fourth-order valence-electron chi connectivity index (χ4n) is 3.08. The number of aromatic nitrogens is 1. The second kappa shape index (κ2) is 7.38. The number of pyridine rings is 1. The Morgan fingerprint density at radius 2 is 1.58 bits per heavy atom. The Balaban J connectivity index is 2.39. The number of hydrogen-bond donors (Lipinski definition) is 0. The van der Waals surface area contributed by atoms with Crippen LogP contribution in [-0.4, -0.2) is 19.4 Å². The molecule has 1 aromatic carbocycles. The van der Waals surface area contributed by atoms with Crippen LogP contribution >= 0.6 is 0 Å². The van der Waals surface area contributed by atoms with Crippen LogP contribution in [-0.2, 0) is 0 Å². The minimum absolute atomic E-state index is 0.204. The van der Waals surface area contributed by atoms with Crippen molar-refractivity contribution >= 4 is 13.4 Å². The van der Waals surface area contributed by atoms with Crippen molar-refractivity contribution in [3.63, 3.8) is 0 Å². The van der Waals surface area contributed by atoms with Crippen molar-refractivity contribution in [3.05, 3.63) is 42.6 Å². The summed E-state index contributed by atoms with van der Waals surface area (Å²) in [5.41, 5.74) is 1.02. The highest BCUT2D eigenvalue weighted by molar-refractivity contribution is 6.91. The normalized spacial score (nSPS) is 12.2. The summed E-state index contributed by atoms with van der Waals surface area (Å²) in [7, 11) is -1.59. The van der Waals surface area contributed by atoms with E-state index in [1.807, 2.05) is 12.1 Å². The average molecular weight is 353 g/mol. The summed E-state index contributed by atoms with van der Waals surface area (Å²) < 4.78 is 41.8. The summed E-state index contributed by atoms with van der Waals surface area (Å²) in [4.78, 5) is 4.60. The number of benzene rings is 1. The molecule has 0 amide bonds. The SMILES string of the molecule is CC[Si](CC)(CC)c1ccc(-c2ccccc2OC(F)(F)F)cn1. The van der Waals surface area contributed by atoms with E-state index in [-0.39, 0.29) is 5.75 Å². The van der Waals surface area contributed by atoms with Gasteiger partial charge in [-0.15, -0.1) is 13.2 Å². The predicted molar refractivity (Wildman–Crippen MR) is 93.2 cm³/mol. The molecule has 0 aliphatic carbocycles. The van der Waals surface area contributed by atoms with Crippen molar-refractivity contribution in [2.75, 3.05) is 0 Å². The lowest BCUT2D eigenvalue weighted by Crippen LogP contribution is -2.47. The summed E-state index contributed by atoms with van der Waals surface area (Å²) in [6.45, 7) is 6.59. The Kier molecular flexibility index (Phi) is 5.69. The summed E-state index contributed by atoms with van der Waals surface area (Å²) in [6.07, 6.45) is -3.05. The van der Waals surface area contributed by atoms with E-state index in [0.717, 1.165) is 23.4 Å². The van der Waals surface area contributed by atoms with Crippen molar-refractivity contribution in [3.8, 4) is 16.9 Å². The quantitative estimate of drug-likeness (QED) is 0.652. The third-order valence-electron chi connectivity index (χ3n) is 4.76. The first-order valence-corrected chi connectivity index (χ1v) is 10.8. The summed E-state index contributed by atoms with van der Waals surface area (Å²) in [5.74, 6) is -0.204. The molecule has 0 saturated heterocycles. The minimum atomic E-state index is -4.71. The van der Waals surface area contributed by atoms with E-state index in [4.69, 9.17) is 0 Å². The van der Waals surface area contributed by atoms with Crippen LogP contribution in [0.4, 0.5) is 13.2 Å². The minimum Gasteiger partial charge on any atom is -0.405 e. The van der Waals surface area contributed by atoms with Crippen molar-refractivity contribution in [2.24, 2.45) is 0 Å². The lowest BCUT2D eigenvalue weighted by Gasteiger charge is -2.27. The molecule has 0 saturated carbocycles. The maximum absolute atomic E-state index is 12.6. The monoisotopic (exact) mass is 353 g/mol. The summed E-state index contributed by atoms with van der Waals surface area (Å²) in [6, 6.07) is 13.3. The Morgan fingerprint density at radius 1 is 0.958 bits per heavy atom. The zero-order valence-electron chi connectivity index (χ0n) is 14.2. The molecule has 1 aromatic heterocycles. The van der Waals surface area contributed by atoms with Crippen LogP contribution in [0.5, 0.6) is 5.75 Å². The lowest BCUT2D eigenvalue weighted by atomic mass is 10.1. The number of ether oxygens (including phenoxy) is 1. The molecule has 0 N–H and O–H groups in total. The van der Waals surface area contributed by atoms with Crippen LogP contribution < -0.4 is 10.1 Å². The first-order chi connectivity index (χ1) is 11.3. The van der Waals surface area contributed by atoms with Crippen LogP contribution in [0, 0.1) is 0 Å². The van der Waals surface area contributed by atoms with Crippen molar-refractivity contribution < 1.29 is 17.9 Å². The van der Waals surface area contributed by atoms with Gasteiger partial charge in [0, 0.05) is 22.6 Å². The Hall–Kier alpha value is -1.82. The third kappa shape index (κ3) is 3.98. The average Bonchev–Trinajstić information content (AvgIpc) is 2.57. The number of alkyl halides is 3. The highest BCUT2D eigenvalue weighted by Crippen LogP contribution is 2.33. The zero-order valence-corrected chi connectivity index (χ0v) is 15.2. The maximum Gasteiger partial charge on any atom is 0.573 e. The Labute approximate surface area is 141 Å². The molecule has 0 spiro atoms. The smallest absolute Gasteiger partial charge is 0.405 e. The molecule has 0 fully saturated rings. The van der Waals surface area contributed by atoms with E-state index in [0.29, 0.717) is 11.1 Å². The molecule has 2 rings (SSSR count). The zero-order chi connectivity index (χ0) is 17.8. The van der Waals surface area contributed by atoms with Crippen molar-refractivity contribution in [1.82, 2.24) is 4.98 Å². The van der Waals surface area contributed by atoms with Crippen LogP contribution in [0.3, 0.4) is 0 Å². The topological polar surface area (TPSA) is 22.1 Å². The molecular formula is C18H22F3NOSi. The van der Waals surface area contributed by atoms with E-state index in [1.165, 1.54) is 12.1 Å². The van der Waals surface area contributed by atoms with E-state index >= 15 is 0 Å². The highest BCUT2D eigenvalue weighted by atomic mass is 28.3. The first-order valence-electron chi connectivity index (χ1n) is 8.17. The van der Waals surface area contributed by atoms with E-state index < -0.39 is 14.4 Å². The molecule has 0 bridgehead atoms. The van der Waals surface area contributed by atoms with Gasteiger partial charge in [0.1, 0.15) is 13.8 Å². The fourth-order valence-corrected chi connectivity index (χ4v) is 6.44. The van der Waals surface area contributed by atoms with E-state index in [9.17, 15) is 13.2 Å². The lowest BCUT2D eigenvalue weighted by molar-refractivity contribution is -0.274. The highest BCUT2D eigenvalue weighted by Gasteiger charge is 2.33. The predicted octanol–water partition coefficient (Wildman–Crippen LogP) is 5.36. The molecule has 0 aliphatic heterocycles. The molecule has 0 radical (unpaired) electrons. The van der Waals surface area contributed by atoms with E-state index in [2.05, 4.69) is 30.5 Å². The number of nitrogens with zero attached hydrogens (tertiary/aromatic N) is 1. The third-order valence-corrected chi connectivity index (χ3v) is 10.2. The number of halogens is 3. The van der Waals surface area contributed by atoms with Gasteiger partial charge in [0.2, 0.25) is 0 Å². The molecule has 0 unspecified atom stereocenters. The molecule has 0 atom stereocenters. The fraction of sp³-hybridized carbons (Fsp3) is 0.389. The van der Waals surface area contributed by atoms with Gasteiger partial charge in [-0.3, -0.25) is 4.98 Å². The molecule has 6 heteroatoms. The van der Waals surface area contributed by atoms with Gasteiger partial charge < -0.3 is 4.74 Å². The molecule has 24 heavy (non-hydrogen) atoms. The number of hydrogen-bond acceptors (Lipinski definition) is 2. The molecular weight excluding hydrogens is 331 g/mol. The van der Waals surface area contributed by atoms with Crippen LogP contribution in [0.1, 0.15) is 20.8 Å². The van der Waals surface area contributed by atoms with Crippen molar-refractivity contribution in [1.29, 1.82) is 0 Å². The van der Waals surface area contributed by atoms with Gasteiger partial charge in [-0.2, -0.15) is 0 Å². The van der Waals surface area contributed by atoms with Gasteiger partial charge in [0.15, 0.2) is 0 Å². The molecule has 2 nitrogen and oxygen atoms in total. The largest absolute Gasteiger partial charge is 0.573 e. The number of para-hydroxylation sites is 1. The summed E-state index contributed by atoms with van der Waals surface area (Å²) >= 11 is 0. The Bertz CT molecular complexity index is 658. The molecule has 130 valence electrons. The summed E-state index contributed by atoms with van der Waals surface area (Å²) in [5, 5.41) is 1.12. The standard InChI is InChI=1S/C18H22F3NOSi/c1-4-24(5-2,6-3)17-12-11-14(13-22-17)15-9-7-8-10-16(15)23-18(19,20)21/h7-13H,4-6H2,1-3H3. The second-order valence-electron chi connectivity index (χ2n) is 5.82. The van der Waals surface area contributed by atoms with Gasteiger partial charge in [0.05, 0.1) is 0 Å². The van der Waals surface area contributed by atoms with Gasteiger partial charge in [0.25, 0.3) is 0 Å². The Morgan fingerprint density at radius 3 is 2.08 bits per heavy atom. The van der Waals surface area contributed by atoms with Gasteiger partial charge in [-0.1, -0.05) is 63.2 Å².